The van der Waals surface area contributed by atoms with E-state index in [4.69, 9.17) is 18.9 Å². The van der Waals surface area contributed by atoms with Crippen molar-refractivity contribution in [2.45, 2.75) is 11.7 Å². The predicted octanol–water partition coefficient (Wildman–Crippen LogP) is 4.18. The topological polar surface area (TPSA) is 115 Å². The van der Waals surface area contributed by atoms with Crippen molar-refractivity contribution >= 4 is 23.5 Å². The Morgan fingerprint density at radius 2 is 1.45 bits per heavy atom. The van der Waals surface area contributed by atoms with Crippen LogP contribution in [-0.4, -0.2) is 63.8 Å². The van der Waals surface area contributed by atoms with Crippen LogP contribution in [0.25, 0.3) is 0 Å². The smallest absolute Gasteiger partial charge is 0.416 e. The highest BCUT2D eigenvalue weighted by Gasteiger charge is 2.54. The number of alkyl halides is 3. The van der Waals surface area contributed by atoms with Crippen molar-refractivity contribution < 1.29 is 46.5 Å². The summed E-state index contributed by atoms with van der Waals surface area (Å²) in [5.41, 5.74) is -2.23. The number of anilines is 1. The number of carbonyl (C=O) groups is 3. The lowest BCUT2D eigenvalue weighted by atomic mass is 9.82. The second kappa shape index (κ2) is 12.4. The van der Waals surface area contributed by atoms with Crippen LogP contribution in [0, 0.1) is 0 Å². The molecule has 0 radical (unpaired) electrons. The number of methoxy groups -OCH3 is 3. The van der Waals surface area contributed by atoms with Gasteiger partial charge in [0.25, 0.3) is 5.91 Å². The molecular weight excluding hydrogens is 559 g/mol. The largest absolute Gasteiger partial charge is 0.497 e. The number of benzene rings is 3. The van der Waals surface area contributed by atoms with Crippen LogP contribution in [0.15, 0.2) is 66.7 Å². The number of urea groups is 1. The zero-order valence-corrected chi connectivity index (χ0v) is 22.9. The minimum absolute atomic E-state index is 0.00396. The maximum absolute atomic E-state index is 14.0. The highest BCUT2D eigenvalue weighted by molar-refractivity contribution is 6.12. The van der Waals surface area contributed by atoms with Crippen molar-refractivity contribution in [1.29, 1.82) is 0 Å². The van der Waals surface area contributed by atoms with Gasteiger partial charge in [0.05, 0.1) is 32.1 Å². The van der Waals surface area contributed by atoms with Gasteiger partial charge >= 0.3 is 12.2 Å². The lowest BCUT2D eigenvalue weighted by Gasteiger charge is -2.28. The third-order valence-corrected chi connectivity index (χ3v) is 6.58. The summed E-state index contributed by atoms with van der Waals surface area (Å²) < 4.78 is 60.9. The molecule has 0 saturated carbocycles. The second-order valence-corrected chi connectivity index (χ2v) is 9.13. The van der Waals surface area contributed by atoms with Gasteiger partial charge in [-0.25, -0.2) is 4.79 Å². The Hall–Kier alpha value is -4.78. The third-order valence-electron chi connectivity index (χ3n) is 6.58. The van der Waals surface area contributed by atoms with Crippen LogP contribution in [0.3, 0.4) is 0 Å². The van der Waals surface area contributed by atoms with Gasteiger partial charge in [-0.3, -0.25) is 14.5 Å². The molecule has 0 spiro atoms. The molecule has 0 atom stereocenters. The van der Waals surface area contributed by atoms with E-state index in [0.717, 1.165) is 12.1 Å². The minimum Gasteiger partial charge on any atom is -0.497 e. The quantitative estimate of drug-likeness (QED) is 0.256. The van der Waals surface area contributed by atoms with Crippen molar-refractivity contribution in [3.63, 3.8) is 0 Å². The third kappa shape index (κ3) is 6.10. The average Bonchev–Trinajstić information content (AvgIpc) is 3.23. The standard InChI is InChI=1S/C29H28F3N3O7/c1-39-14-15-42-24-13-8-20(29(30,31)32)16-23(24)33-25(36)17-35-26(37)28(34-27(35)38,18-4-9-21(40-2)10-5-18)19-6-11-22(41-3)12-7-19/h4-13,16H,14-15,17H2,1-3H3,(H,33,36)(H,34,38). The molecule has 42 heavy (non-hydrogen) atoms. The molecule has 3 aromatic carbocycles. The second-order valence-electron chi connectivity index (χ2n) is 9.13. The van der Waals surface area contributed by atoms with Gasteiger partial charge in [-0.2, -0.15) is 13.2 Å². The molecule has 1 aliphatic heterocycles. The molecule has 0 unspecified atom stereocenters. The Labute approximate surface area is 239 Å². The first-order valence-electron chi connectivity index (χ1n) is 12.6. The Kier molecular flexibility index (Phi) is 8.90. The predicted molar refractivity (Wildman–Crippen MR) is 144 cm³/mol. The number of hydrogen-bond acceptors (Lipinski definition) is 7. The molecule has 0 bridgehead atoms. The normalized spacial score (nSPS) is 14.4. The van der Waals surface area contributed by atoms with Crippen molar-refractivity contribution in [2.24, 2.45) is 0 Å². The van der Waals surface area contributed by atoms with Gasteiger partial charge in [-0.05, 0) is 53.6 Å². The zero-order chi connectivity index (χ0) is 30.5. The molecule has 222 valence electrons. The van der Waals surface area contributed by atoms with Crippen molar-refractivity contribution in [3.05, 3.63) is 83.4 Å². The number of rotatable bonds is 11. The fourth-order valence-corrected chi connectivity index (χ4v) is 4.46. The summed E-state index contributed by atoms with van der Waals surface area (Å²) in [6.45, 7) is -0.633. The maximum Gasteiger partial charge on any atom is 0.416 e. The van der Waals surface area contributed by atoms with E-state index in [0.29, 0.717) is 33.6 Å². The summed E-state index contributed by atoms with van der Waals surface area (Å²) in [6.07, 6.45) is -4.69. The molecule has 4 amide bonds. The molecular formula is C29H28F3N3O7. The number of halogens is 3. The van der Waals surface area contributed by atoms with Gasteiger partial charge in [-0.1, -0.05) is 24.3 Å². The van der Waals surface area contributed by atoms with Gasteiger partial charge in [0.2, 0.25) is 5.91 Å². The van der Waals surface area contributed by atoms with Gasteiger partial charge in [0.15, 0.2) is 5.54 Å². The summed E-state index contributed by atoms with van der Waals surface area (Å²) in [7, 11) is 4.39. The lowest BCUT2D eigenvalue weighted by Crippen LogP contribution is -2.45. The zero-order valence-electron chi connectivity index (χ0n) is 22.9. The SMILES string of the molecule is COCCOc1ccc(C(F)(F)F)cc1NC(=O)CN1C(=O)NC(c2ccc(OC)cc2)(c2ccc(OC)cc2)C1=O. The summed E-state index contributed by atoms with van der Waals surface area (Å²) >= 11 is 0. The number of amides is 4. The van der Waals surface area contributed by atoms with Crippen LogP contribution in [0.4, 0.5) is 23.7 Å². The molecule has 0 aromatic heterocycles. The fraction of sp³-hybridized carbons (Fsp3) is 0.276. The number of hydrogen-bond donors (Lipinski definition) is 2. The summed E-state index contributed by atoms with van der Waals surface area (Å²) in [4.78, 5) is 40.9. The monoisotopic (exact) mass is 587 g/mol. The first-order chi connectivity index (χ1) is 20.0. The summed E-state index contributed by atoms with van der Waals surface area (Å²) in [6, 6.07) is 14.6. The molecule has 1 saturated heterocycles. The molecule has 13 heteroatoms. The average molecular weight is 588 g/mol. The van der Waals surface area contributed by atoms with Gasteiger partial charge in [-0.15, -0.1) is 0 Å². The minimum atomic E-state index is -4.69. The summed E-state index contributed by atoms with van der Waals surface area (Å²) in [5, 5.41) is 5.05. The Morgan fingerprint density at radius 1 is 0.881 bits per heavy atom. The van der Waals surface area contributed by atoms with Crippen LogP contribution in [0.5, 0.6) is 17.2 Å². The number of carbonyl (C=O) groups excluding carboxylic acids is 3. The van der Waals surface area contributed by atoms with E-state index in [2.05, 4.69) is 10.6 Å². The van der Waals surface area contributed by atoms with E-state index < -0.39 is 41.7 Å². The first kappa shape index (κ1) is 30.2. The Bertz CT molecular complexity index is 1400. The molecule has 1 heterocycles. The number of nitrogens with zero attached hydrogens (tertiary/aromatic N) is 1. The van der Waals surface area contributed by atoms with Crippen LogP contribution in [0.2, 0.25) is 0 Å². The maximum atomic E-state index is 14.0. The number of imide groups is 1. The van der Waals surface area contributed by atoms with Crippen LogP contribution >= 0.6 is 0 Å². The molecule has 10 nitrogen and oxygen atoms in total. The molecule has 4 rings (SSSR count). The Morgan fingerprint density at radius 3 is 1.95 bits per heavy atom. The van der Waals surface area contributed by atoms with Crippen LogP contribution in [-0.2, 0) is 26.0 Å². The van der Waals surface area contributed by atoms with Crippen LogP contribution < -0.4 is 24.8 Å². The summed E-state index contributed by atoms with van der Waals surface area (Å²) in [5.74, 6) is -0.702. The highest BCUT2D eigenvalue weighted by Crippen LogP contribution is 2.38. The molecule has 2 N–H and O–H groups in total. The molecule has 0 aliphatic carbocycles. The number of nitrogens with one attached hydrogen (secondary N) is 2. The van der Waals surface area contributed by atoms with Crippen molar-refractivity contribution in [1.82, 2.24) is 10.2 Å². The van der Waals surface area contributed by atoms with Gasteiger partial charge in [0.1, 0.15) is 30.4 Å². The van der Waals surface area contributed by atoms with Crippen LogP contribution in [0.1, 0.15) is 16.7 Å². The van der Waals surface area contributed by atoms with E-state index in [1.165, 1.54) is 21.3 Å². The number of ether oxygens (including phenoxy) is 4. The Balaban J connectivity index is 1.65. The first-order valence-corrected chi connectivity index (χ1v) is 12.6. The van der Waals surface area contributed by atoms with Gasteiger partial charge in [0, 0.05) is 7.11 Å². The van der Waals surface area contributed by atoms with E-state index >= 15 is 0 Å². The van der Waals surface area contributed by atoms with Crippen molar-refractivity contribution in [2.75, 3.05) is 46.4 Å². The van der Waals surface area contributed by atoms with E-state index in [1.807, 2.05) is 0 Å². The van der Waals surface area contributed by atoms with E-state index in [-0.39, 0.29) is 24.7 Å². The van der Waals surface area contributed by atoms with Crippen molar-refractivity contribution in [3.8, 4) is 17.2 Å². The molecule has 1 fully saturated rings. The molecule has 3 aromatic rings. The fourth-order valence-electron chi connectivity index (χ4n) is 4.46. The van der Waals surface area contributed by atoms with E-state index in [1.54, 1.807) is 48.5 Å². The highest BCUT2D eigenvalue weighted by atomic mass is 19.4. The molecule has 1 aliphatic rings. The lowest BCUT2D eigenvalue weighted by molar-refractivity contribution is -0.137. The van der Waals surface area contributed by atoms with Gasteiger partial charge < -0.3 is 29.6 Å². The van der Waals surface area contributed by atoms with E-state index in [9.17, 15) is 27.6 Å².